The van der Waals surface area contributed by atoms with E-state index in [4.69, 9.17) is 5.11 Å². The van der Waals surface area contributed by atoms with Crippen molar-refractivity contribution in [1.82, 2.24) is 0 Å². The monoisotopic (exact) mass is 288 g/mol. The maximum Gasteiger partial charge on any atom is 0.308 e. The van der Waals surface area contributed by atoms with Crippen LogP contribution in [0.5, 0.6) is 0 Å². The third-order valence-corrected chi connectivity index (χ3v) is 4.02. The molecular weight excluding hydrogens is 272 g/mol. The molecule has 2 aliphatic heterocycles. The van der Waals surface area contributed by atoms with Gasteiger partial charge < -0.3 is 14.9 Å². The second kappa shape index (κ2) is 5.20. The van der Waals surface area contributed by atoms with Crippen molar-refractivity contribution in [1.29, 1.82) is 0 Å². The molecule has 0 aromatic heterocycles. The highest BCUT2D eigenvalue weighted by Crippen LogP contribution is 2.28. The van der Waals surface area contributed by atoms with Crippen LogP contribution in [0.1, 0.15) is 19.3 Å². The number of nitrogens with zero attached hydrogens (tertiary/aromatic N) is 2. The first-order valence-electron chi connectivity index (χ1n) is 7.00. The van der Waals surface area contributed by atoms with Crippen LogP contribution in [0.3, 0.4) is 0 Å². The minimum Gasteiger partial charge on any atom is -0.481 e. The molecule has 2 fully saturated rings. The molecule has 0 radical (unpaired) electrons. The zero-order chi connectivity index (χ0) is 15.0. The molecule has 2 amide bonds. The quantitative estimate of drug-likeness (QED) is 0.908. The molecule has 3 rings (SSSR count). The summed E-state index contributed by atoms with van der Waals surface area (Å²) >= 11 is 0. The zero-order valence-electron chi connectivity index (χ0n) is 11.5. The number of hydrogen-bond acceptors (Lipinski definition) is 3. The van der Waals surface area contributed by atoms with Gasteiger partial charge in [0.15, 0.2) is 0 Å². The molecule has 110 valence electrons. The summed E-state index contributed by atoms with van der Waals surface area (Å²) in [4.78, 5) is 37.8. The minimum absolute atomic E-state index is 0.0433. The van der Waals surface area contributed by atoms with E-state index in [1.165, 1.54) is 4.90 Å². The van der Waals surface area contributed by atoms with Gasteiger partial charge in [-0.1, -0.05) is 0 Å². The van der Waals surface area contributed by atoms with Crippen LogP contribution in [-0.2, 0) is 14.4 Å². The Labute approximate surface area is 122 Å². The number of carbonyl (C=O) groups excluding carboxylic acids is 2. The first kappa shape index (κ1) is 13.6. The second-order valence-corrected chi connectivity index (χ2v) is 5.41. The van der Waals surface area contributed by atoms with Crippen molar-refractivity contribution in [3.05, 3.63) is 24.3 Å². The molecule has 2 heterocycles. The van der Waals surface area contributed by atoms with Crippen LogP contribution in [0.2, 0.25) is 0 Å². The summed E-state index contributed by atoms with van der Waals surface area (Å²) in [5, 5.41) is 8.99. The second-order valence-electron chi connectivity index (χ2n) is 5.41. The summed E-state index contributed by atoms with van der Waals surface area (Å²) in [6, 6.07) is 7.14. The summed E-state index contributed by atoms with van der Waals surface area (Å²) in [5.74, 6) is -1.64. The Balaban J connectivity index is 1.77. The number of carboxylic acid groups (broad SMARTS) is 1. The Hall–Kier alpha value is -2.37. The van der Waals surface area contributed by atoms with E-state index < -0.39 is 11.9 Å². The normalized spacial score (nSPS) is 22.2. The Bertz CT molecular complexity index is 596. The fourth-order valence-corrected chi connectivity index (χ4v) is 2.86. The van der Waals surface area contributed by atoms with Crippen LogP contribution in [0.25, 0.3) is 0 Å². The number of aliphatic carboxylic acids is 1. The van der Waals surface area contributed by atoms with Crippen molar-refractivity contribution >= 4 is 29.2 Å². The maximum absolute atomic E-state index is 11.9. The molecule has 6 heteroatoms. The molecular formula is C15H16N2O4. The van der Waals surface area contributed by atoms with E-state index in [0.717, 1.165) is 18.7 Å². The lowest BCUT2D eigenvalue weighted by atomic mass is 10.1. The van der Waals surface area contributed by atoms with Gasteiger partial charge in [0, 0.05) is 37.3 Å². The van der Waals surface area contributed by atoms with Crippen LogP contribution in [-0.4, -0.2) is 36.0 Å². The van der Waals surface area contributed by atoms with Gasteiger partial charge in [-0.2, -0.15) is 0 Å². The SMILES string of the molecule is O=C(O)C1CC(=O)N(c2ccc(N3CCCC3=O)cc2)C1. The average molecular weight is 288 g/mol. The third kappa shape index (κ3) is 2.49. The summed E-state index contributed by atoms with van der Waals surface area (Å²) < 4.78 is 0. The Morgan fingerprint density at radius 2 is 1.67 bits per heavy atom. The van der Waals surface area contributed by atoms with Gasteiger partial charge in [-0.15, -0.1) is 0 Å². The molecule has 0 aliphatic carbocycles. The number of carboxylic acids is 1. The van der Waals surface area contributed by atoms with Crippen LogP contribution < -0.4 is 9.80 Å². The summed E-state index contributed by atoms with van der Waals surface area (Å²) in [7, 11) is 0. The third-order valence-electron chi connectivity index (χ3n) is 4.02. The lowest BCUT2D eigenvalue weighted by molar-refractivity contribution is -0.141. The highest BCUT2D eigenvalue weighted by Gasteiger charge is 2.35. The number of anilines is 2. The first-order chi connectivity index (χ1) is 10.1. The van der Waals surface area contributed by atoms with E-state index in [-0.39, 0.29) is 24.8 Å². The first-order valence-corrected chi connectivity index (χ1v) is 7.00. The smallest absolute Gasteiger partial charge is 0.308 e. The largest absolute Gasteiger partial charge is 0.481 e. The van der Waals surface area contributed by atoms with Gasteiger partial charge in [-0.25, -0.2) is 0 Å². The van der Waals surface area contributed by atoms with Gasteiger partial charge in [-0.3, -0.25) is 14.4 Å². The molecule has 1 aromatic rings. The molecule has 2 aliphatic rings. The van der Waals surface area contributed by atoms with Gasteiger partial charge in [0.05, 0.1) is 5.92 Å². The van der Waals surface area contributed by atoms with Crippen molar-refractivity contribution in [2.45, 2.75) is 19.3 Å². The van der Waals surface area contributed by atoms with Gasteiger partial charge in [0.2, 0.25) is 11.8 Å². The average Bonchev–Trinajstić information content (AvgIpc) is 3.05. The number of carbonyl (C=O) groups is 3. The summed E-state index contributed by atoms with van der Waals surface area (Å²) in [5.41, 5.74) is 1.50. The molecule has 1 atom stereocenters. The molecule has 6 nitrogen and oxygen atoms in total. The van der Waals surface area contributed by atoms with Gasteiger partial charge >= 0.3 is 5.97 Å². The standard InChI is InChI=1S/C15H16N2O4/c18-13-2-1-7-16(13)11-3-5-12(6-4-11)17-9-10(15(20)21)8-14(17)19/h3-6,10H,1-2,7-9H2,(H,20,21). The van der Waals surface area contributed by atoms with Crippen LogP contribution in [0, 0.1) is 5.92 Å². The van der Waals surface area contributed by atoms with E-state index in [1.807, 2.05) is 0 Å². The van der Waals surface area contributed by atoms with Crippen LogP contribution in [0.4, 0.5) is 11.4 Å². The summed E-state index contributed by atoms with van der Waals surface area (Å²) in [6.45, 7) is 0.929. The Kier molecular flexibility index (Phi) is 3.37. The van der Waals surface area contributed by atoms with Crippen molar-refractivity contribution in [3.63, 3.8) is 0 Å². The molecule has 2 saturated heterocycles. The topological polar surface area (TPSA) is 77.9 Å². The number of hydrogen-bond donors (Lipinski definition) is 1. The fraction of sp³-hybridized carbons (Fsp3) is 0.400. The highest BCUT2D eigenvalue weighted by molar-refractivity contribution is 6.00. The number of benzene rings is 1. The zero-order valence-corrected chi connectivity index (χ0v) is 11.5. The van der Waals surface area contributed by atoms with Gasteiger partial charge in [0.1, 0.15) is 0 Å². The van der Waals surface area contributed by atoms with Crippen LogP contribution in [0.15, 0.2) is 24.3 Å². The number of rotatable bonds is 3. The van der Waals surface area contributed by atoms with E-state index in [1.54, 1.807) is 29.2 Å². The molecule has 1 N–H and O–H groups in total. The van der Waals surface area contributed by atoms with E-state index in [0.29, 0.717) is 12.1 Å². The van der Waals surface area contributed by atoms with E-state index in [2.05, 4.69) is 0 Å². The Morgan fingerprint density at radius 1 is 1.05 bits per heavy atom. The highest BCUT2D eigenvalue weighted by atomic mass is 16.4. The predicted octanol–water partition coefficient (Wildman–Crippen LogP) is 1.25. The van der Waals surface area contributed by atoms with E-state index in [9.17, 15) is 14.4 Å². The molecule has 21 heavy (non-hydrogen) atoms. The maximum atomic E-state index is 11.9. The number of amides is 2. The van der Waals surface area contributed by atoms with Crippen LogP contribution >= 0.6 is 0 Å². The minimum atomic E-state index is -0.940. The lowest BCUT2D eigenvalue weighted by Crippen LogP contribution is -2.26. The fourth-order valence-electron chi connectivity index (χ4n) is 2.86. The lowest BCUT2D eigenvalue weighted by Gasteiger charge is -2.19. The summed E-state index contributed by atoms with van der Waals surface area (Å²) in [6.07, 6.45) is 1.49. The van der Waals surface area contributed by atoms with E-state index >= 15 is 0 Å². The van der Waals surface area contributed by atoms with Gasteiger partial charge in [-0.05, 0) is 30.7 Å². The van der Waals surface area contributed by atoms with Gasteiger partial charge in [0.25, 0.3) is 0 Å². The molecule has 0 saturated carbocycles. The predicted molar refractivity (Wildman–Crippen MR) is 76.1 cm³/mol. The molecule has 0 spiro atoms. The van der Waals surface area contributed by atoms with Crippen molar-refractivity contribution in [3.8, 4) is 0 Å². The molecule has 0 bridgehead atoms. The van der Waals surface area contributed by atoms with Crippen molar-refractivity contribution < 1.29 is 19.5 Å². The van der Waals surface area contributed by atoms with Crippen molar-refractivity contribution in [2.75, 3.05) is 22.9 Å². The Morgan fingerprint density at radius 3 is 2.14 bits per heavy atom. The molecule has 1 aromatic carbocycles. The molecule has 1 unspecified atom stereocenters. The van der Waals surface area contributed by atoms with Crippen molar-refractivity contribution in [2.24, 2.45) is 5.92 Å².